The Morgan fingerprint density at radius 3 is 2.47 bits per heavy atom. The molecule has 19 heavy (non-hydrogen) atoms. The number of nitrogens with zero attached hydrogens (tertiary/aromatic N) is 3. The predicted octanol–water partition coefficient (Wildman–Crippen LogP) is 0.675. The van der Waals surface area contributed by atoms with Gasteiger partial charge in [-0.15, -0.1) is 0 Å². The molecule has 0 spiro atoms. The highest BCUT2D eigenvalue weighted by molar-refractivity contribution is 7.92. The largest absolute Gasteiger partial charge is 0.381 e. The summed E-state index contributed by atoms with van der Waals surface area (Å²) in [4.78, 5) is 3.73. The van der Waals surface area contributed by atoms with Gasteiger partial charge in [0.2, 0.25) is 0 Å². The first kappa shape index (κ1) is 12.9. The summed E-state index contributed by atoms with van der Waals surface area (Å²) in [6.45, 7) is 0. The summed E-state index contributed by atoms with van der Waals surface area (Å²) in [6, 6.07) is 7.99. The molecule has 7 nitrogen and oxygen atoms in total. The lowest BCUT2D eigenvalue weighted by molar-refractivity contribution is 0.592. The van der Waals surface area contributed by atoms with Gasteiger partial charge in [0.25, 0.3) is 10.0 Å². The lowest BCUT2D eigenvalue weighted by atomic mass is 10.2. The van der Waals surface area contributed by atoms with Crippen LogP contribution in [0.15, 0.2) is 35.6 Å². The Balaban J connectivity index is 2.34. The molecule has 3 N–H and O–H groups in total. The molecule has 0 unspecified atom stereocenters. The van der Waals surface area contributed by atoms with Crippen LogP contribution in [0.4, 0.5) is 11.5 Å². The minimum atomic E-state index is -3.81. The van der Waals surface area contributed by atoms with Crippen LogP contribution < -0.4 is 10.5 Å². The molecule has 0 saturated carbocycles. The van der Waals surface area contributed by atoms with Crippen LogP contribution in [0.5, 0.6) is 0 Å². The van der Waals surface area contributed by atoms with Crippen molar-refractivity contribution in [1.29, 1.82) is 5.26 Å². The van der Waals surface area contributed by atoms with Crippen molar-refractivity contribution in [2.24, 2.45) is 7.05 Å². The number of hydrogen-bond donors (Lipinski definition) is 2. The number of nitrogen functional groups attached to an aromatic ring is 1. The standard InChI is InChI=1S/C11H11N5O2S/c1-16-7-14-10(13)11(16)19(17,18)15-9-4-2-8(6-12)3-5-9/h2-5,7,15H,13H2,1H3. The van der Waals surface area contributed by atoms with E-state index in [1.165, 1.54) is 42.2 Å². The molecule has 0 amide bonds. The van der Waals surface area contributed by atoms with Crippen LogP contribution >= 0.6 is 0 Å². The number of nitrogens with one attached hydrogen (secondary N) is 1. The molecule has 0 aliphatic rings. The second-order valence-corrected chi connectivity index (χ2v) is 5.44. The molecule has 0 radical (unpaired) electrons. The number of imidazole rings is 1. The third-order valence-corrected chi connectivity index (χ3v) is 3.94. The van der Waals surface area contributed by atoms with E-state index in [0.29, 0.717) is 11.3 Å². The summed E-state index contributed by atoms with van der Waals surface area (Å²) < 4.78 is 28.0. The molecule has 1 aromatic carbocycles. The molecule has 0 aliphatic heterocycles. The number of nitrogens with two attached hydrogens (primary N) is 1. The fourth-order valence-corrected chi connectivity index (χ4v) is 2.88. The maximum Gasteiger partial charge on any atom is 0.281 e. The fourth-order valence-electron chi connectivity index (χ4n) is 1.58. The van der Waals surface area contributed by atoms with Gasteiger partial charge in [-0.2, -0.15) is 13.7 Å². The van der Waals surface area contributed by atoms with Crippen LogP contribution in [0, 0.1) is 11.3 Å². The third kappa shape index (κ3) is 2.51. The van der Waals surface area contributed by atoms with E-state index in [9.17, 15) is 8.42 Å². The molecule has 98 valence electrons. The molecule has 0 bridgehead atoms. The van der Waals surface area contributed by atoms with Crippen LogP contribution in [0.1, 0.15) is 5.56 Å². The second kappa shape index (κ2) is 4.62. The number of hydrogen-bond acceptors (Lipinski definition) is 5. The Labute approximate surface area is 110 Å². The molecular formula is C11H11N5O2S. The number of anilines is 2. The van der Waals surface area contributed by atoms with Crippen molar-refractivity contribution in [1.82, 2.24) is 9.55 Å². The van der Waals surface area contributed by atoms with Gasteiger partial charge in [0.15, 0.2) is 10.8 Å². The van der Waals surface area contributed by atoms with E-state index >= 15 is 0 Å². The summed E-state index contributed by atoms with van der Waals surface area (Å²) in [6.07, 6.45) is 1.32. The Hall–Kier alpha value is -2.53. The number of nitriles is 1. The highest BCUT2D eigenvalue weighted by Gasteiger charge is 2.22. The number of aromatic nitrogens is 2. The van der Waals surface area contributed by atoms with Gasteiger partial charge in [0.05, 0.1) is 18.0 Å². The Bertz CT molecular complexity index is 721. The van der Waals surface area contributed by atoms with E-state index in [1.807, 2.05) is 6.07 Å². The average molecular weight is 277 g/mol. The summed E-state index contributed by atoms with van der Waals surface area (Å²) in [5, 5.41) is 8.57. The van der Waals surface area contributed by atoms with Crippen molar-refractivity contribution in [3.63, 3.8) is 0 Å². The maximum absolute atomic E-state index is 12.1. The van der Waals surface area contributed by atoms with Crippen LogP contribution in [0.3, 0.4) is 0 Å². The molecule has 0 saturated heterocycles. The zero-order chi connectivity index (χ0) is 14.0. The van der Waals surface area contributed by atoms with Gasteiger partial charge < -0.3 is 10.3 Å². The van der Waals surface area contributed by atoms with Crippen LogP contribution in [0.2, 0.25) is 0 Å². The molecule has 0 fully saturated rings. The van der Waals surface area contributed by atoms with Gasteiger partial charge in [-0.1, -0.05) is 0 Å². The van der Waals surface area contributed by atoms with E-state index in [2.05, 4.69) is 9.71 Å². The number of rotatable bonds is 3. The zero-order valence-electron chi connectivity index (χ0n) is 10.0. The first-order valence-electron chi connectivity index (χ1n) is 5.24. The maximum atomic E-state index is 12.1. The number of aryl methyl sites for hydroxylation is 1. The SMILES string of the molecule is Cn1cnc(N)c1S(=O)(=O)Nc1ccc(C#N)cc1. The summed E-state index contributed by atoms with van der Waals surface area (Å²) in [5.74, 6) is -0.0661. The van der Waals surface area contributed by atoms with Crippen molar-refractivity contribution < 1.29 is 8.42 Å². The van der Waals surface area contributed by atoms with Crippen molar-refractivity contribution >= 4 is 21.5 Å². The van der Waals surface area contributed by atoms with E-state index in [1.54, 1.807) is 0 Å². The summed E-state index contributed by atoms with van der Waals surface area (Å²) >= 11 is 0. The molecule has 0 atom stereocenters. The Morgan fingerprint density at radius 1 is 1.37 bits per heavy atom. The highest BCUT2D eigenvalue weighted by Crippen LogP contribution is 2.20. The summed E-state index contributed by atoms with van der Waals surface area (Å²) in [5.41, 5.74) is 6.33. The Kier molecular flexibility index (Phi) is 3.14. The molecule has 2 aromatic rings. The van der Waals surface area contributed by atoms with Gasteiger partial charge in [-0.05, 0) is 24.3 Å². The van der Waals surface area contributed by atoms with Gasteiger partial charge in [0, 0.05) is 12.7 Å². The van der Waals surface area contributed by atoms with Crippen LogP contribution in [-0.2, 0) is 17.1 Å². The minimum Gasteiger partial charge on any atom is -0.381 e. The van der Waals surface area contributed by atoms with Crippen LogP contribution in [0.25, 0.3) is 0 Å². The van der Waals surface area contributed by atoms with Gasteiger partial charge >= 0.3 is 0 Å². The van der Waals surface area contributed by atoms with E-state index in [-0.39, 0.29) is 10.8 Å². The van der Waals surface area contributed by atoms with Gasteiger partial charge in [-0.3, -0.25) is 4.72 Å². The second-order valence-electron chi connectivity index (χ2n) is 3.84. The first-order chi connectivity index (χ1) is 8.94. The molecule has 0 aliphatic carbocycles. The lowest BCUT2D eigenvalue weighted by Gasteiger charge is -2.08. The van der Waals surface area contributed by atoms with Crippen molar-refractivity contribution in [2.75, 3.05) is 10.5 Å². The van der Waals surface area contributed by atoms with Crippen molar-refractivity contribution in [3.8, 4) is 6.07 Å². The molecule has 8 heteroatoms. The van der Waals surface area contributed by atoms with Gasteiger partial charge in [0.1, 0.15) is 0 Å². The number of sulfonamides is 1. The van der Waals surface area contributed by atoms with E-state index in [0.717, 1.165) is 0 Å². The Morgan fingerprint density at radius 2 is 2.00 bits per heavy atom. The molecule has 1 heterocycles. The van der Waals surface area contributed by atoms with Crippen LogP contribution in [-0.4, -0.2) is 18.0 Å². The smallest absolute Gasteiger partial charge is 0.281 e. The third-order valence-electron chi connectivity index (χ3n) is 2.43. The highest BCUT2D eigenvalue weighted by atomic mass is 32.2. The topological polar surface area (TPSA) is 114 Å². The van der Waals surface area contributed by atoms with E-state index in [4.69, 9.17) is 11.0 Å². The first-order valence-corrected chi connectivity index (χ1v) is 6.72. The molecule has 1 aromatic heterocycles. The quantitative estimate of drug-likeness (QED) is 0.856. The normalized spacial score (nSPS) is 10.9. The minimum absolute atomic E-state index is 0.0661. The average Bonchev–Trinajstić information content (AvgIpc) is 2.70. The van der Waals surface area contributed by atoms with Crippen molar-refractivity contribution in [2.45, 2.75) is 5.03 Å². The van der Waals surface area contributed by atoms with E-state index < -0.39 is 10.0 Å². The van der Waals surface area contributed by atoms with Gasteiger partial charge in [-0.25, -0.2) is 4.98 Å². The monoisotopic (exact) mass is 277 g/mol. The van der Waals surface area contributed by atoms with Crippen molar-refractivity contribution in [3.05, 3.63) is 36.2 Å². The molecule has 2 rings (SSSR count). The molecular weight excluding hydrogens is 266 g/mol. The number of benzene rings is 1. The zero-order valence-corrected chi connectivity index (χ0v) is 10.8. The fraction of sp³-hybridized carbons (Fsp3) is 0.0909. The summed E-state index contributed by atoms with van der Waals surface area (Å²) in [7, 11) is -2.27. The lowest BCUT2D eigenvalue weighted by Crippen LogP contribution is -2.17. The predicted molar refractivity (Wildman–Crippen MR) is 69.6 cm³/mol.